The number of rotatable bonds is 4. The molecule has 0 spiro atoms. The van der Waals surface area contributed by atoms with Crippen LogP contribution in [0.5, 0.6) is 0 Å². The molecule has 0 unspecified atom stereocenters. The van der Waals surface area contributed by atoms with Crippen molar-refractivity contribution in [3.63, 3.8) is 0 Å². The number of nitrogens with one attached hydrogen (secondary N) is 1. The highest BCUT2D eigenvalue weighted by Gasteiger charge is 2.23. The maximum atomic E-state index is 12.1. The van der Waals surface area contributed by atoms with E-state index in [2.05, 4.69) is 10.2 Å². The van der Waals surface area contributed by atoms with Gasteiger partial charge in [0.2, 0.25) is 10.0 Å². The fourth-order valence-corrected chi connectivity index (χ4v) is 3.62. The van der Waals surface area contributed by atoms with Crippen LogP contribution in [0, 0.1) is 0 Å². The first-order chi connectivity index (χ1) is 8.18. The predicted molar refractivity (Wildman–Crippen MR) is 68.4 cm³/mol. The Morgan fingerprint density at radius 3 is 2.53 bits per heavy atom. The Morgan fingerprint density at radius 1 is 1.12 bits per heavy atom. The topological polar surface area (TPSA) is 52.7 Å². The molecule has 0 bridgehead atoms. The van der Waals surface area contributed by atoms with Crippen molar-refractivity contribution >= 4 is 10.0 Å². The minimum Gasteiger partial charge on any atom is -0.314 e. The lowest BCUT2D eigenvalue weighted by molar-refractivity contribution is 0.252. The molecule has 1 fully saturated rings. The molecule has 1 saturated heterocycles. The second-order valence-corrected chi connectivity index (χ2v) is 6.61. The van der Waals surface area contributed by atoms with Crippen molar-refractivity contribution in [1.29, 1.82) is 0 Å². The minimum absolute atomic E-state index is 0.251. The number of hydrogen-bond donors (Lipinski definition) is 1. The number of sulfonamides is 1. The third-order valence-electron chi connectivity index (χ3n) is 3.29. The van der Waals surface area contributed by atoms with Crippen molar-refractivity contribution in [2.45, 2.75) is 6.42 Å². The third-order valence-corrected chi connectivity index (χ3v) is 5.11. The highest BCUT2D eigenvalue weighted by atomic mass is 32.2. The van der Waals surface area contributed by atoms with Crippen LogP contribution < -0.4 is 5.32 Å². The van der Waals surface area contributed by atoms with Crippen LogP contribution in [0.1, 0.15) is 6.42 Å². The third kappa shape index (κ3) is 3.77. The molecule has 2 rings (SSSR count). The summed E-state index contributed by atoms with van der Waals surface area (Å²) < 4.78 is 25.7. The molecule has 5 nitrogen and oxygen atoms in total. The van der Waals surface area contributed by atoms with Crippen molar-refractivity contribution < 1.29 is 8.42 Å². The van der Waals surface area contributed by atoms with Crippen molar-refractivity contribution in [3.05, 3.63) is 12.2 Å². The Labute approximate surface area is 104 Å². The van der Waals surface area contributed by atoms with Crippen molar-refractivity contribution in [2.24, 2.45) is 0 Å². The molecule has 0 amide bonds. The second kappa shape index (κ2) is 5.95. The van der Waals surface area contributed by atoms with E-state index < -0.39 is 10.0 Å². The highest BCUT2D eigenvalue weighted by molar-refractivity contribution is 7.89. The molecule has 98 valence electrons. The summed E-state index contributed by atoms with van der Waals surface area (Å²) in [4.78, 5) is 2.22. The van der Waals surface area contributed by atoms with Gasteiger partial charge in [-0.15, -0.1) is 0 Å². The summed E-state index contributed by atoms with van der Waals surface area (Å²) in [5, 5.41) is 3.26. The van der Waals surface area contributed by atoms with E-state index in [0.29, 0.717) is 19.6 Å². The molecular weight excluding hydrogens is 238 g/mol. The molecule has 2 heterocycles. The molecule has 0 atom stereocenters. The number of nitrogens with zero attached hydrogens (tertiary/aromatic N) is 2. The lowest BCUT2D eigenvalue weighted by atomic mass is 10.3. The first kappa shape index (κ1) is 13.0. The summed E-state index contributed by atoms with van der Waals surface area (Å²) in [6.07, 6.45) is 4.82. The van der Waals surface area contributed by atoms with Gasteiger partial charge in [-0.2, -0.15) is 4.31 Å². The molecule has 17 heavy (non-hydrogen) atoms. The largest absolute Gasteiger partial charge is 0.314 e. The quantitative estimate of drug-likeness (QED) is 0.691. The van der Waals surface area contributed by atoms with E-state index in [9.17, 15) is 8.42 Å². The fourth-order valence-electron chi connectivity index (χ4n) is 2.18. The monoisotopic (exact) mass is 259 g/mol. The Morgan fingerprint density at radius 2 is 1.88 bits per heavy atom. The van der Waals surface area contributed by atoms with Gasteiger partial charge in [0.05, 0.1) is 5.75 Å². The maximum absolute atomic E-state index is 12.1. The van der Waals surface area contributed by atoms with E-state index in [1.807, 2.05) is 12.2 Å². The first-order valence-corrected chi connectivity index (χ1v) is 7.85. The van der Waals surface area contributed by atoms with Gasteiger partial charge in [-0.3, -0.25) is 4.90 Å². The van der Waals surface area contributed by atoms with Crippen LogP contribution in [0.25, 0.3) is 0 Å². The van der Waals surface area contributed by atoms with Crippen LogP contribution in [0.15, 0.2) is 12.2 Å². The Bertz CT molecular complexity index is 361. The second-order valence-electron chi connectivity index (χ2n) is 4.53. The van der Waals surface area contributed by atoms with Gasteiger partial charge in [-0.05, 0) is 6.42 Å². The maximum Gasteiger partial charge on any atom is 0.215 e. The minimum atomic E-state index is -3.06. The van der Waals surface area contributed by atoms with E-state index in [4.69, 9.17) is 0 Å². The van der Waals surface area contributed by atoms with Gasteiger partial charge in [-0.1, -0.05) is 12.2 Å². The van der Waals surface area contributed by atoms with Crippen LogP contribution in [-0.2, 0) is 10.0 Å². The van der Waals surface area contributed by atoms with Crippen molar-refractivity contribution in [1.82, 2.24) is 14.5 Å². The van der Waals surface area contributed by atoms with E-state index >= 15 is 0 Å². The van der Waals surface area contributed by atoms with E-state index in [1.165, 1.54) is 0 Å². The summed E-state index contributed by atoms with van der Waals surface area (Å²) in [7, 11) is -3.06. The van der Waals surface area contributed by atoms with Gasteiger partial charge in [0, 0.05) is 45.8 Å². The van der Waals surface area contributed by atoms with Crippen molar-refractivity contribution in [3.8, 4) is 0 Å². The van der Waals surface area contributed by atoms with E-state index in [-0.39, 0.29) is 5.75 Å². The molecular formula is C11H21N3O2S. The van der Waals surface area contributed by atoms with Crippen LogP contribution in [0.3, 0.4) is 0 Å². The Balaban J connectivity index is 1.82. The zero-order valence-corrected chi connectivity index (χ0v) is 11.0. The van der Waals surface area contributed by atoms with Gasteiger partial charge in [0.1, 0.15) is 0 Å². The fraction of sp³-hybridized carbons (Fsp3) is 0.818. The smallest absolute Gasteiger partial charge is 0.215 e. The summed E-state index contributed by atoms with van der Waals surface area (Å²) in [6.45, 7) is 5.68. The molecule has 0 aromatic carbocycles. The summed E-state index contributed by atoms with van der Waals surface area (Å²) >= 11 is 0. The van der Waals surface area contributed by atoms with Crippen LogP contribution >= 0.6 is 0 Å². The van der Waals surface area contributed by atoms with Crippen molar-refractivity contribution in [2.75, 3.05) is 51.6 Å². The number of piperazine rings is 1. The molecule has 0 aromatic rings. The molecule has 0 aromatic heterocycles. The molecule has 0 radical (unpaired) electrons. The standard InChI is InChI=1S/C11H21N3O2S/c15-17(16,14-6-2-1-3-7-14)11-10-13-8-4-12-5-9-13/h1-2,12H,3-11H2. The molecule has 6 heteroatoms. The van der Waals surface area contributed by atoms with Gasteiger partial charge in [0.15, 0.2) is 0 Å². The van der Waals surface area contributed by atoms with Gasteiger partial charge >= 0.3 is 0 Å². The zero-order valence-electron chi connectivity index (χ0n) is 10.1. The van der Waals surface area contributed by atoms with Crippen LogP contribution in [0.2, 0.25) is 0 Å². The first-order valence-electron chi connectivity index (χ1n) is 6.24. The van der Waals surface area contributed by atoms with E-state index in [0.717, 1.165) is 32.6 Å². The van der Waals surface area contributed by atoms with Crippen LogP contribution in [0.4, 0.5) is 0 Å². The molecule has 0 aliphatic carbocycles. The lowest BCUT2D eigenvalue weighted by Crippen LogP contribution is -2.46. The zero-order chi connectivity index (χ0) is 12.1. The summed E-state index contributed by atoms with van der Waals surface area (Å²) in [5.41, 5.74) is 0. The average molecular weight is 259 g/mol. The normalized spacial score (nSPS) is 24.0. The molecule has 1 N–H and O–H groups in total. The molecule has 2 aliphatic heterocycles. The summed E-state index contributed by atoms with van der Waals surface area (Å²) in [5.74, 6) is 0.251. The summed E-state index contributed by atoms with van der Waals surface area (Å²) in [6, 6.07) is 0. The van der Waals surface area contributed by atoms with Gasteiger partial charge in [0.25, 0.3) is 0 Å². The van der Waals surface area contributed by atoms with Gasteiger partial charge in [-0.25, -0.2) is 8.42 Å². The SMILES string of the molecule is O=S(=O)(CCN1CCNCC1)N1CC=CCC1. The Hall–Kier alpha value is -0.430. The van der Waals surface area contributed by atoms with Crippen LogP contribution in [-0.4, -0.2) is 69.2 Å². The van der Waals surface area contributed by atoms with Gasteiger partial charge < -0.3 is 5.32 Å². The van der Waals surface area contributed by atoms with E-state index in [1.54, 1.807) is 4.31 Å². The Kier molecular flexibility index (Phi) is 4.55. The predicted octanol–water partition coefficient (Wildman–Crippen LogP) is -0.517. The lowest BCUT2D eigenvalue weighted by Gasteiger charge is -2.28. The molecule has 0 saturated carbocycles. The number of hydrogen-bond acceptors (Lipinski definition) is 4. The highest BCUT2D eigenvalue weighted by Crippen LogP contribution is 2.08. The average Bonchev–Trinajstić information content (AvgIpc) is 2.39. The molecule has 2 aliphatic rings.